The highest BCUT2D eigenvalue weighted by Crippen LogP contribution is 2.37. The fourth-order valence-corrected chi connectivity index (χ4v) is 1.39. The first-order chi connectivity index (χ1) is 8.68. The lowest BCUT2D eigenvalue weighted by Gasteiger charge is -2.15. The third-order valence-corrected chi connectivity index (χ3v) is 2.06. The van der Waals surface area contributed by atoms with Crippen molar-refractivity contribution in [2.24, 2.45) is 0 Å². The topological polar surface area (TPSA) is 65.2 Å². The highest BCUT2D eigenvalue weighted by atomic mass is 19.4. The number of halogens is 5. The number of carbonyl (C=O) groups is 1. The Morgan fingerprint density at radius 1 is 1.47 bits per heavy atom. The molecule has 1 aromatic rings. The number of alkyl halides is 5. The monoisotopic (exact) mass is 284 g/mol. The van der Waals surface area contributed by atoms with E-state index >= 15 is 0 Å². The van der Waals surface area contributed by atoms with Crippen molar-refractivity contribution in [2.45, 2.75) is 19.5 Å². The Morgan fingerprint density at radius 2 is 2.05 bits per heavy atom. The van der Waals surface area contributed by atoms with E-state index in [9.17, 15) is 26.7 Å². The van der Waals surface area contributed by atoms with Crippen LogP contribution in [0.5, 0.6) is 0 Å². The Morgan fingerprint density at radius 3 is 2.47 bits per heavy atom. The maximum absolute atomic E-state index is 12.8. The maximum atomic E-state index is 12.8. The van der Waals surface area contributed by atoms with Crippen LogP contribution in [0.3, 0.4) is 0 Å². The summed E-state index contributed by atoms with van der Waals surface area (Å²) in [5.74, 6) is -2.00. The smallest absolute Gasteiger partial charge is 0.433 e. The molecule has 0 aliphatic heterocycles. The second-order valence-electron chi connectivity index (χ2n) is 3.38. The molecule has 0 amide bonds. The van der Waals surface area contributed by atoms with Crippen LogP contribution in [0.4, 0.5) is 27.8 Å². The van der Waals surface area contributed by atoms with Crippen molar-refractivity contribution >= 4 is 11.8 Å². The van der Waals surface area contributed by atoms with Gasteiger partial charge in [0.15, 0.2) is 5.69 Å². The number of nitrogens with zero attached hydrogens (tertiary/aromatic N) is 1. The van der Waals surface area contributed by atoms with Crippen molar-refractivity contribution in [1.29, 1.82) is 0 Å². The number of esters is 1. The Kier molecular flexibility index (Phi) is 4.28. The normalized spacial score (nSPS) is 11.7. The number of hydrogen-bond donors (Lipinski definition) is 1. The largest absolute Gasteiger partial charge is 0.462 e. The summed E-state index contributed by atoms with van der Waals surface area (Å²) in [4.78, 5) is 14.2. The van der Waals surface area contributed by atoms with Crippen LogP contribution in [-0.2, 0) is 10.9 Å². The van der Waals surface area contributed by atoms with Crippen LogP contribution >= 0.6 is 0 Å². The lowest BCUT2D eigenvalue weighted by Crippen LogP contribution is -2.19. The van der Waals surface area contributed by atoms with Gasteiger partial charge in [-0.05, 0) is 13.0 Å². The van der Waals surface area contributed by atoms with Crippen LogP contribution in [0, 0.1) is 0 Å². The zero-order valence-electron chi connectivity index (χ0n) is 9.59. The van der Waals surface area contributed by atoms with Gasteiger partial charge in [-0.25, -0.2) is 18.6 Å². The second-order valence-corrected chi connectivity index (χ2v) is 3.38. The van der Waals surface area contributed by atoms with Gasteiger partial charge < -0.3 is 10.5 Å². The predicted molar refractivity (Wildman–Crippen MR) is 54.6 cm³/mol. The molecule has 0 atom stereocenters. The molecule has 9 heteroatoms. The number of nitrogen functional groups attached to an aromatic ring is 1. The van der Waals surface area contributed by atoms with E-state index in [-0.39, 0.29) is 6.61 Å². The molecule has 0 saturated carbocycles. The molecular weight excluding hydrogens is 275 g/mol. The molecule has 1 aromatic heterocycles. The number of nitrogens with two attached hydrogens (primary N) is 1. The van der Waals surface area contributed by atoms with Crippen molar-refractivity contribution in [3.05, 3.63) is 22.9 Å². The van der Waals surface area contributed by atoms with E-state index in [0.717, 1.165) is 0 Å². The van der Waals surface area contributed by atoms with Gasteiger partial charge in [-0.15, -0.1) is 0 Å². The molecule has 0 saturated heterocycles. The van der Waals surface area contributed by atoms with Crippen LogP contribution < -0.4 is 5.73 Å². The molecule has 1 rings (SSSR count). The zero-order chi connectivity index (χ0) is 14.8. The van der Waals surface area contributed by atoms with Crippen LogP contribution in [-0.4, -0.2) is 17.6 Å². The van der Waals surface area contributed by atoms with Gasteiger partial charge in [-0.1, -0.05) is 0 Å². The molecule has 0 unspecified atom stereocenters. The summed E-state index contributed by atoms with van der Waals surface area (Å²) in [7, 11) is 0. The SMILES string of the molecule is CCOC(=O)c1cc(N)nc(C(F)(F)F)c1C(F)F. The summed E-state index contributed by atoms with van der Waals surface area (Å²) in [6.07, 6.45) is -8.69. The van der Waals surface area contributed by atoms with E-state index in [4.69, 9.17) is 5.73 Å². The first-order valence-corrected chi connectivity index (χ1v) is 5.01. The van der Waals surface area contributed by atoms with Crippen molar-refractivity contribution in [3.63, 3.8) is 0 Å². The van der Waals surface area contributed by atoms with E-state index in [2.05, 4.69) is 9.72 Å². The van der Waals surface area contributed by atoms with Crippen LogP contribution in [0.1, 0.15) is 35.0 Å². The molecule has 4 nitrogen and oxygen atoms in total. The molecule has 0 radical (unpaired) electrons. The highest BCUT2D eigenvalue weighted by Gasteiger charge is 2.40. The number of pyridine rings is 1. The van der Waals surface area contributed by atoms with E-state index in [1.54, 1.807) is 0 Å². The van der Waals surface area contributed by atoms with Gasteiger partial charge in [0.05, 0.1) is 17.7 Å². The molecular formula is C10H9F5N2O2. The standard InChI is InChI=1S/C10H9F5N2O2/c1-2-19-9(18)4-3-5(16)17-7(10(13,14)15)6(4)8(11)12/h3,8H,2H2,1H3,(H2,16,17). The molecule has 0 fully saturated rings. The number of anilines is 1. The molecule has 1 heterocycles. The quantitative estimate of drug-likeness (QED) is 0.684. The number of carbonyl (C=O) groups excluding carboxylic acids is 1. The fourth-order valence-electron chi connectivity index (χ4n) is 1.39. The molecule has 19 heavy (non-hydrogen) atoms. The van der Waals surface area contributed by atoms with E-state index in [1.165, 1.54) is 6.92 Å². The Labute approximate surface area is 104 Å². The minimum Gasteiger partial charge on any atom is -0.462 e. The third-order valence-electron chi connectivity index (χ3n) is 2.06. The predicted octanol–water partition coefficient (Wildman–Crippen LogP) is 2.80. The minimum atomic E-state index is -5.15. The summed E-state index contributed by atoms with van der Waals surface area (Å²) >= 11 is 0. The molecule has 0 spiro atoms. The lowest BCUT2D eigenvalue weighted by molar-refractivity contribution is -0.143. The summed E-state index contributed by atoms with van der Waals surface area (Å²) in [5.41, 5.74) is 0.750. The highest BCUT2D eigenvalue weighted by molar-refractivity contribution is 5.92. The van der Waals surface area contributed by atoms with Crippen molar-refractivity contribution < 1.29 is 31.5 Å². The van der Waals surface area contributed by atoms with Crippen LogP contribution in [0.15, 0.2) is 6.07 Å². The van der Waals surface area contributed by atoms with E-state index in [1.807, 2.05) is 0 Å². The minimum absolute atomic E-state index is 0.176. The lowest BCUT2D eigenvalue weighted by atomic mass is 10.1. The van der Waals surface area contributed by atoms with E-state index < -0.39 is 41.2 Å². The molecule has 0 bridgehead atoms. The van der Waals surface area contributed by atoms with Gasteiger partial charge in [-0.3, -0.25) is 0 Å². The van der Waals surface area contributed by atoms with Crippen molar-refractivity contribution in [1.82, 2.24) is 4.98 Å². The molecule has 2 N–H and O–H groups in total. The van der Waals surface area contributed by atoms with Gasteiger partial charge in [-0.2, -0.15) is 13.2 Å². The average Bonchev–Trinajstić information content (AvgIpc) is 2.26. The zero-order valence-corrected chi connectivity index (χ0v) is 9.59. The van der Waals surface area contributed by atoms with Crippen molar-refractivity contribution in [2.75, 3.05) is 12.3 Å². The van der Waals surface area contributed by atoms with Gasteiger partial charge in [0, 0.05) is 0 Å². The fraction of sp³-hybridized carbons (Fsp3) is 0.400. The number of aromatic nitrogens is 1. The number of rotatable bonds is 3. The van der Waals surface area contributed by atoms with Gasteiger partial charge >= 0.3 is 12.1 Å². The van der Waals surface area contributed by atoms with Gasteiger partial charge in [0.25, 0.3) is 6.43 Å². The Hall–Kier alpha value is -1.93. The molecule has 0 aromatic carbocycles. The Balaban J connectivity index is 3.54. The third kappa shape index (κ3) is 3.30. The number of ether oxygens (including phenoxy) is 1. The number of hydrogen-bond acceptors (Lipinski definition) is 4. The molecule has 0 aliphatic carbocycles. The summed E-state index contributed by atoms with van der Waals surface area (Å²) in [5, 5.41) is 0. The summed E-state index contributed by atoms with van der Waals surface area (Å²) in [6, 6.07) is 0.634. The van der Waals surface area contributed by atoms with Gasteiger partial charge in [0.1, 0.15) is 5.82 Å². The first-order valence-electron chi connectivity index (χ1n) is 5.01. The summed E-state index contributed by atoms with van der Waals surface area (Å²) < 4.78 is 67.8. The first kappa shape index (κ1) is 15.1. The second kappa shape index (κ2) is 5.37. The van der Waals surface area contributed by atoms with Crippen molar-refractivity contribution in [3.8, 4) is 0 Å². The van der Waals surface area contributed by atoms with Crippen LogP contribution in [0.2, 0.25) is 0 Å². The Bertz CT molecular complexity index is 488. The molecule has 0 aliphatic rings. The molecule has 106 valence electrons. The van der Waals surface area contributed by atoms with Crippen LogP contribution in [0.25, 0.3) is 0 Å². The van der Waals surface area contributed by atoms with E-state index in [0.29, 0.717) is 6.07 Å². The maximum Gasteiger partial charge on any atom is 0.433 e. The van der Waals surface area contributed by atoms with Gasteiger partial charge in [0.2, 0.25) is 0 Å². The summed E-state index contributed by atoms with van der Waals surface area (Å²) in [6.45, 7) is 1.21. The average molecular weight is 284 g/mol.